The monoisotopic (exact) mass is 242 g/mol. The van der Waals surface area contributed by atoms with Crippen LogP contribution in [-0.2, 0) is 0 Å². The molecule has 0 radical (unpaired) electrons. The van der Waals surface area contributed by atoms with Gasteiger partial charge in [-0.05, 0) is 12.1 Å². The average molecular weight is 242 g/mol. The Bertz CT molecular complexity index is 708. The van der Waals surface area contributed by atoms with Crippen LogP contribution < -0.4 is 11.5 Å². The summed E-state index contributed by atoms with van der Waals surface area (Å²) >= 11 is 0. The van der Waals surface area contributed by atoms with Crippen LogP contribution in [0.15, 0.2) is 36.8 Å². The van der Waals surface area contributed by atoms with Crippen molar-refractivity contribution in [2.75, 3.05) is 5.73 Å². The number of carbonyl (C=O) groups excluding carboxylic acids is 1. The van der Waals surface area contributed by atoms with Gasteiger partial charge in [-0.2, -0.15) is 4.68 Å². The fourth-order valence-corrected chi connectivity index (χ4v) is 1.76. The van der Waals surface area contributed by atoms with Crippen LogP contribution in [0.3, 0.4) is 0 Å². The highest BCUT2D eigenvalue weighted by Crippen LogP contribution is 2.23. The molecule has 18 heavy (non-hydrogen) atoms. The molecule has 0 atom stereocenters. The maximum absolute atomic E-state index is 11.0. The fourth-order valence-electron chi connectivity index (χ4n) is 1.76. The van der Waals surface area contributed by atoms with Crippen molar-refractivity contribution in [3.05, 3.63) is 36.8 Å². The molecule has 0 bridgehead atoms. The van der Waals surface area contributed by atoms with Gasteiger partial charge in [-0.25, -0.2) is 9.78 Å². The van der Waals surface area contributed by atoms with Gasteiger partial charge in [-0.15, -0.1) is 5.10 Å². The van der Waals surface area contributed by atoms with Gasteiger partial charge in [0.05, 0.1) is 11.3 Å². The zero-order valence-electron chi connectivity index (χ0n) is 9.32. The summed E-state index contributed by atoms with van der Waals surface area (Å²) in [4.78, 5) is 15.4. The smallest absolute Gasteiger partial charge is 0.339 e. The molecular formula is C11H10N6O. The van der Waals surface area contributed by atoms with Gasteiger partial charge in [0, 0.05) is 18.6 Å². The predicted octanol–water partition coefficient (Wildman–Crippen LogP) is 0.707. The lowest BCUT2D eigenvalue weighted by Gasteiger charge is -1.89. The van der Waals surface area contributed by atoms with Crippen molar-refractivity contribution in [3.8, 4) is 11.3 Å². The van der Waals surface area contributed by atoms with E-state index in [-0.39, 0.29) is 5.82 Å². The van der Waals surface area contributed by atoms with Gasteiger partial charge in [0.15, 0.2) is 5.82 Å². The minimum absolute atomic E-state index is 0.220. The number of primary amides is 1. The maximum atomic E-state index is 11.0. The lowest BCUT2D eigenvalue weighted by atomic mass is 10.2. The Kier molecular flexibility index (Phi) is 2.06. The van der Waals surface area contributed by atoms with Crippen LogP contribution in [0.4, 0.5) is 10.6 Å². The van der Waals surface area contributed by atoms with Crippen molar-refractivity contribution in [2.24, 2.45) is 5.73 Å². The third-order valence-corrected chi connectivity index (χ3v) is 2.61. The summed E-state index contributed by atoms with van der Waals surface area (Å²) in [6.45, 7) is 0. The molecule has 3 aromatic heterocycles. The quantitative estimate of drug-likeness (QED) is 0.655. The molecule has 0 aliphatic heterocycles. The number of amides is 1. The highest BCUT2D eigenvalue weighted by atomic mass is 16.2. The molecule has 0 aliphatic rings. The van der Waals surface area contributed by atoms with Crippen LogP contribution in [0.1, 0.15) is 0 Å². The zero-order chi connectivity index (χ0) is 12.7. The molecule has 3 rings (SSSR count). The number of nitrogens with two attached hydrogens (primary N) is 2. The Labute approximate surface area is 102 Å². The number of nitrogens with zero attached hydrogens (tertiary/aromatic N) is 4. The molecule has 4 N–H and O–H groups in total. The number of hydrogen-bond donors (Lipinski definition) is 2. The largest absolute Gasteiger partial charge is 0.382 e. The molecule has 3 heterocycles. The Balaban J connectivity index is 2.16. The van der Waals surface area contributed by atoms with E-state index in [1.165, 1.54) is 6.20 Å². The normalized spacial score (nSPS) is 10.9. The van der Waals surface area contributed by atoms with Gasteiger partial charge in [-0.1, -0.05) is 6.07 Å². The molecule has 0 aliphatic carbocycles. The second-order valence-corrected chi connectivity index (χ2v) is 3.80. The third kappa shape index (κ3) is 1.49. The first-order chi connectivity index (χ1) is 8.65. The lowest BCUT2D eigenvalue weighted by Crippen LogP contribution is -2.19. The van der Waals surface area contributed by atoms with E-state index in [1.54, 1.807) is 0 Å². The fraction of sp³-hybridized carbons (Fsp3) is 0. The van der Waals surface area contributed by atoms with Crippen LogP contribution in [0.25, 0.3) is 16.9 Å². The van der Waals surface area contributed by atoms with Crippen molar-refractivity contribution in [3.63, 3.8) is 0 Å². The Morgan fingerprint density at radius 3 is 2.78 bits per heavy atom. The SMILES string of the molecule is NC(=O)n1cc(-c2cn3ccccc3n2)c(N)n1. The van der Waals surface area contributed by atoms with Crippen LogP contribution in [0.2, 0.25) is 0 Å². The molecule has 1 amide bonds. The molecule has 7 heteroatoms. The van der Waals surface area contributed by atoms with Crippen molar-refractivity contribution in [2.45, 2.75) is 0 Å². The minimum atomic E-state index is -0.684. The highest BCUT2D eigenvalue weighted by molar-refractivity contribution is 5.79. The summed E-state index contributed by atoms with van der Waals surface area (Å²) in [5.41, 5.74) is 12.9. The average Bonchev–Trinajstić information content (AvgIpc) is 2.91. The van der Waals surface area contributed by atoms with E-state index in [9.17, 15) is 4.79 Å². The standard InChI is InChI=1S/C11H10N6O/c12-10-7(5-17(15-10)11(13)18)8-6-16-4-2-1-3-9(16)14-8/h1-6H,(H2,12,15)(H2,13,18). The maximum Gasteiger partial charge on any atom is 0.339 e. The van der Waals surface area contributed by atoms with Crippen LogP contribution in [0, 0.1) is 0 Å². The van der Waals surface area contributed by atoms with Crippen LogP contribution in [-0.4, -0.2) is 25.2 Å². The number of anilines is 1. The molecule has 0 unspecified atom stereocenters. The van der Waals surface area contributed by atoms with Gasteiger partial charge >= 0.3 is 6.03 Å². The Hall–Kier alpha value is -2.83. The Morgan fingerprint density at radius 2 is 2.11 bits per heavy atom. The zero-order valence-corrected chi connectivity index (χ0v) is 9.32. The van der Waals surface area contributed by atoms with Gasteiger partial charge < -0.3 is 15.9 Å². The number of carbonyl (C=O) groups is 1. The number of pyridine rings is 1. The summed E-state index contributed by atoms with van der Waals surface area (Å²) in [5, 5.41) is 3.83. The van der Waals surface area contributed by atoms with E-state index in [0.717, 1.165) is 10.3 Å². The topological polar surface area (TPSA) is 104 Å². The second-order valence-electron chi connectivity index (χ2n) is 3.80. The number of rotatable bonds is 1. The molecular weight excluding hydrogens is 232 g/mol. The van der Waals surface area contributed by atoms with Crippen LogP contribution >= 0.6 is 0 Å². The van der Waals surface area contributed by atoms with E-state index in [0.29, 0.717) is 11.3 Å². The van der Waals surface area contributed by atoms with Crippen molar-refractivity contribution in [1.29, 1.82) is 0 Å². The van der Waals surface area contributed by atoms with E-state index in [2.05, 4.69) is 10.1 Å². The summed E-state index contributed by atoms with van der Waals surface area (Å²) in [6, 6.07) is 4.98. The number of aromatic nitrogens is 4. The van der Waals surface area contributed by atoms with Crippen molar-refractivity contribution < 1.29 is 4.79 Å². The first kappa shape index (κ1) is 10.3. The summed E-state index contributed by atoms with van der Waals surface area (Å²) < 4.78 is 2.85. The molecule has 0 saturated carbocycles. The number of nitrogen functional groups attached to an aromatic ring is 1. The van der Waals surface area contributed by atoms with Gasteiger partial charge in [0.25, 0.3) is 0 Å². The molecule has 0 aromatic carbocycles. The van der Waals surface area contributed by atoms with Crippen molar-refractivity contribution >= 4 is 17.5 Å². The number of hydrogen-bond acceptors (Lipinski definition) is 4. The summed E-state index contributed by atoms with van der Waals surface area (Å²) in [7, 11) is 0. The van der Waals surface area contributed by atoms with Gasteiger partial charge in [0.2, 0.25) is 0 Å². The van der Waals surface area contributed by atoms with E-state index in [1.807, 2.05) is 35.0 Å². The first-order valence-electron chi connectivity index (χ1n) is 5.24. The first-order valence-corrected chi connectivity index (χ1v) is 5.24. The van der Waals surface area contributed by atoms with E-state index < -0.39 is 6.03 Å². The summed E-state index contributed by atoms with van der Waals surface area (Å²) in [6.07, 6.45) is 5.16. The van der Waals surface area contributed by atoms with Crippen molar-refractivity contribution in [1.82, 2.24) is 19.2 Å². The molecule has 90 valence electrons. The molecule has 3 aromatic rings. The second kappa shape index (κ2) is 3.59. The van der Waals surface area contributed by atoms with Crippen LogP contribution in [0.5, 0.6) is 0 Å². The molecule has 0 fully saturated rings. The summed E-state index contributed by atoms with van der Waals surface area (Å²) in [5.74, 6) is 0.220. The highest BCUT2D eigenvalue weighted by Gasteiger charge is 2.13. The van der Waals surface area contributed by atoms with E-state index >= 15 is 0 Å². The third-order valence-electron chi connectivity index (χ3n) is 2.61. The lowest BCUT2D eigenvalue weighted by molar-refractivity contribution is 0.248. The van der Waals surface area contributed by atoms with Gasteiger partial charge in [0.1, 0.15) is 5.65 Å². The van der Waals surface area contributed by atoms with E-state index in [4.69, 9.17) is 11.5 Å². The number of fused-ring (bicyclic) bond motifs is 1. The molecule has 7 nitrogen and oxygen atoms in total. The molecule has 0 spiro atoms. The predicted molar refractivity (Wildman–Crippen MR) is 65.8 cm³/mol. The number of imidazole rings is 1. The van der Waals surface area contributed by atoms with Gasteiger partial charge in [-0.3, -0.25) is 0 Å². The minimum Gasteiger partial charge on any atom is -0.382 e. The Morgan fingerprint density at radius 1 is 1.28 bits per heavy atom. The molecule has 0 saturated heterocycles.